The Bertz CT molecular complexity index is 979. The lowest BCUT2D eigenvalue weighted by Gasteiger charge is -2.17. The van der Waals surface area contributed by atoms with Gasteiger partial charge >= 0.3 is 0 Å². The van der Waals surface area contributed by atoms with Crippen molar-refractivity contribution in [3.05, 3.63) is 45.7 Å². The van der Waals surface area contributed by atoms with Crippen molar-refractivity contribution in [2.45, 2.75) is 13.8 Å². The molecule has 0 unspecified atom stereocenters. The second kappa shape index (κ2) is 5.83. The average Bonchev–Trinajstić information content (AvgIpc) is 2.79. The highest BCUT2D eigenvalue weighted by molar-refractivity contribution is 9.10. The third-order valence-electron chi connectivity index (χ3n) is 4.13. The van der Waals surface area contributed by atoms with Gasteiger partial charge in [-0.2, -0.15) is 0 Å². The van der Waals surface area contributed by atoms with E-state index in [4.69, 9.17) is 16.2 Å². The van der Waals surface area contributed by atoms with Gasteiger partial charge in [-0.05, 0) is 47.5 Å². The quantitative estimate of drug-likeness (QED) is 0.673. The van der Waals surface area contributed by atoms with Crippen LogP contribution in [0.25, 0.3) is 16.6 Å². The summed E-state index contributed by atoms with van der Waals surface area (Å²) in [4.78, 5) is 16.2. The minimum absolute atomic E-state index is 0.287. The third kappa shape index (κ3) is 2.32. The van der Waals surface area contributed by atoms with Crippen molar-refractivity contribution < 1.29 is 9.53 Å². The number of aromatic nitrogens is 2. The molecule has 1 aromatic carbocycles. The molecule has 4 N–H and O–H groups in total. The first-order chi connectivity index (χ1) is 11.4. The van der Waals surface area contributed by atoms with Gasteiger partial charge < -0.3 is 16.2 Å². The van der Waals surface area contributed by atoms with E-state index in [1.165, 1.54) is 0 Å². The summed E-state index contributed by atoms with van der Waals surface area (Å²) in [5.41, 5.74) is 15.6. The molecule has 0 radical (unpaired) electrons. The van der Waals surface area contributed by atoms with Gasteiger partial charge in [-0.25, -0.2) is 4.98 Å². The molecule has 3 rings (SSSR count). The van der Waals surface area contributed by atoms with Gasteiger partial charge in [0.05, 0.1) is 30.1 Å². The van der Waals surface area contributed by atoms with Gasteiger partial charge in [0.1, 0.15) is 16.2 Å². The number of halogens is 1. The number of nitrogens with zero attached hydrogens (tertiary/aromatic N) is 2. The van der Waals surface area contributed by atoms with Crippen LogP contribution in [0, 0.1) is 13.8 Å². The zero-order chi connectivity index (χ0) is 17.6. The Balaban J connectivity index is 2.49. The van der Waals surface area contributed by atoms with Crippen molar-refractivity contribution in [3.8, 4) is 11.4 Å². The molecule has 2 heterocycles. The number of pyridine rings is 1. The minimum Gasteiger partial charge on any atom is -0.496 e. The number of nitrogens with two attached hydrogens (primary N) is 2. The highest BCUT2D eigenvalue weighted by Crippen LogP contribution is 2.36. The number of fused-ring (bicyclic) bond motifs is 1. The van der Waals surface area contributed by atoms with Crippen LogP contribution in [-0.4, -0.2) is 22.6 Å². The summed E-state index contributed by atoms with van der Waals surface area (Å²) in [6, 6.07) is 5.59. The molecular formula is C17H17BrN4O2. The van der Waals surface area contributed by atoms with Crippen molar-refractivity contribution in [2.75, 3.05) is 12.8 Å². The molecule has 0 aliphatic heterocycles. The van der Waals surface area contributed by atoms with Gasteiger partial charge in [-0.1, -0.05) is 6.07 Å². The van der Waals surface area contributed by atoms with Crippen LogP contribution in [0.15, 0.2) is 29.0 Å². The third-order valence-corrected chi connectivity index (χ3v) is 4.56. The maximum absolute atomic E-state index is 12.0. The van der Waals surface area contributed by atoms with Gasteiger partial charge in [0.15, 0.2) is 0 Å². The molecule has 0 saturated carbocycles. The molecule has 1 amide bonds. The fraction of sp³-hybridized carbons (Fsp3) is 0.176. The second-order valence-electron chi connectivity index (χ2n) is 5.54. The number of rotatable bonds is 3. The number of aryl methyl sites for hydroxylation is 1. The summed E-state index contributed by atoms with van der Waals surface area (Å²) >= 11 is 3.32. The van der Waals surface area contributed by atoms with E-state index in [1.807, 2.05) is 30.5 Å². The number of carbonyl (C=O) groups is 1. The first-order valence-corrected chi connectivity index (χ1v) is 8.06. The van der Waals surface area contributed by atoms with Crippen molar-refractivity contribution >= 4 is 38.6 Å². The zero-order valence-electron chi connectivity index (χ0n) is 13.6. The number of benzene rings is 1. The number of hydrogen-bond donors (Lipinski definition) is 2. The number of hydrogen-bond acceptors (Lipinski definition) is 4. The zero-order valence-corrected chi connectivity index (χ0v) is 15.1. The Labute approximate surface area is 147 Å². The van der Waals surface area contributed by atoms with E-state index in [1.54, 1.807) is 19.4 Å². The number of anilines is 1. The molecule has 0 aliphatic rings. The van der Waals surface area contributed by atoms with Crippen LogP contribution in [-0.2, 0) is 0 Å². The number of amides is 1. The molecular weight excluding hydrogens is 372 g/mol. The van der Waals surface area contributed by atoms with Gasteiger partial charge in [0.2, 0.25) is 0 Å². The smallest absolute Gasteiger partial charge is 0.253 e. The lowest BCUT2D eigenvalue weighted by atomic mass is 10.1. The maximum atomic E-state index is 12.0. The molecule has 3 aromatic rings. The van der Waals surface area contributed by atoms with E-state index < -0.39 is 5.91 Å². The lowest BCUT2D eigenvalue weighted by Crippen LogP contribution is -2.14. The number of carbonyl (C=O) groups excluding carboxylic acids is 1. The molecule has 0 spiro atoms. The average molecular weight is 389 g/mol. The van der Waals surface area contributed by atoms with Crippen molar-refractivity contribution in [2.24, 2.45) is 5.73 Å². The molecule has 7 heteroatoms. The topological polar surface area (TPSA) is 96.2 Å². The molecule has 0 aliphatic carbocycles. The number of methoxy groups -OCH3 is 1. The molecule has 24 heavy (non-hydrogen) atoms. The Kier molecular flexibility index (Phi) is 3.96. The van der Waals surface area contributed by atoms with Crippen LogP contribution in [0.5, 0.6) is 5.75 Å². The van der Waals surface area contributed by atoms with Crippen LogP contribution < -0.4 is 16.2 Å². The Morgan fingerprint density at radius 2 is 2.04 bits per heavy atom. The Hall–Kier alpha value is -2.54. The molecule has 0 atom stereocenters. The molecule has 2 aromatic heterocycles. The normalized spacial score (nSPS) is 11.0. The molecule has 0 fully saturated rings. The van der Waals surface area contributed by atoms with Crippen LogP contribution >= 0.6 is 15.9 Å². The minimum atomic E-state index is -0.576. The summed E-state index contributed by atoms with van der Waals surface area (Å²) < 4.78 is 7.83. The van der Waals surface area contributed by atoms with Crippen LogP contribution in [0.2, 0.25) is 0 Å². The van der Waals surface area contributed by atoms with Crippen LogP contribution in [0.4, 0.5) is 5.82 Å². The first kappa shape index (κ1) is 16.3. The Morgan fingerprint density at radius 1 is 1.33 bits per heavy atom. The molecule has 0 saturated heterocycles. The Morgan fingerprint density at radius 3 is 2.67 bits per heavy atom. The van der Waals surface area contributed by atoms with Crippen LogP contribution in [0.3, 0.4) is 0 Å². The van der Waals surface area contributed by atoms with E-state index in [0.29, 0.717) is 15.5 Å². The van der Waals surface area contributed by atoms with E-state index in [0.717, 1.165) is 22.6 Å². The van der Waals surface area contributed by atoms with E-state index in [-0.39, 0.29) is 11.4 Å². The van der Waals surface area contributed by atoms with Crippen LogP contribution in [0.1, 0.15) is 21.5 Å². The van der Waals surface area contributed by atoms with E-state index in [9.17, 15) is 4.79 Å². The van der Waals surface area contributed by atoms with Gasteiger partial charge in [-0.15, -0.1) is 0 Å². The monoisotopic (exact) mass is 388 g/mol. The molecule has 6 nitrogen and oxygen atoms in total. The predicted octanol–water partition coefficient (Wildman–Crippen LogP) is 3.09. The summed E-state index contributed by atoms with van der Waals surface area (Å²) in [6.45, 7) is 3.92. The van der Waals surface area contributed by atoms with Crippen molar-refractivity contribution in [1.29, 1.82) is 0 Å². The number of nitrogen functional groups attached to an aromatic ring is 1. The van der Waals surface area contributed by atoms with Gasteiger partial charge in [0, 0.05) is 10.9 Å². The predicted molar refractivity (Wildman–Crippen MR) is 97.7 cm³/mol. The highest BCUT2D eigenvalue weighted by atomic mass is 79.9. The SMILES string of the molecule is COc1ccc(C)c(-n2c(N)c(C(N)=O)c3cc(Br)ncc32)c1C. The maximum Gasteiger partial charge on any atom is 0.253 e. The largest absolute Gasteiger partial charge is 0.496 e. The van der Waals surface area contributed by atoms with Crippen molar-refractivity contribution in [3.63, 3.8) is 0 Å². The fourth-order valence-electron chi connectivity index (χ4n) is 3.06. The van der Waals surface area contributed by atoms with E-state index in [2.05, 4.69) is 20.9 Å². The van der Waals surface area contributed by atoms with Gasteiger partial charge in [-0.3, -0.25) is 9.36 Å². The summed E-state index contributed by atoms with van der Waals surface area (Å²) in [5, 5.41) is 0.656. The lowest BCUT2D eigenvalue weighted by molar-refractivity contribution is 0.100. The van der Waals surface area contributed by atoms with Crippen molar-refractivity contribution in [1.82, 2.24) is 9.55 Å². The summed E-state index contributed by atoms with van der Waals surface area (Å²) in [5.74, 6) is 0.451. The summed E-state index contributed by atoms with van der Waals surface area (Å²) in [7, 11) is 1.62. The standard InChI is InChI=1S/C17H17BrN4O2/c1-8-4-5-12(24-3)9(2)15(8)22-11-7-21-13(18)6-10(11)14(16(22)19)17(20)23/h4-7H,19H2,1-3H3,(H2,20,23). The van der Waals surface area contributed by atoms with Gasteiger partial charge in [0.25, 0.3) is 5.91 Å². The fourth-order valence-corrected chi connectivity index (χ4v) is 3.39. The molecule has 0 bridgehead atoms. The number of primary amides is 1. The summed E-state index contributed by atoms with van der Waals surface area (Å²) in [6.07, 6.45) is 1.67. The van der Waals surface area contributed by atoms with E-state index >= 15 is 0 Å². The first-order valence-electron chi connectivity index (χ1n) is 7.26. The second-order valence-corrected chi connectivity index (χ2v) is 6.35. The highest BCUT2D eigenvalue weighted by Gasteiger charge is 2.23. The number of ether oxygens (including phenoxy) is 1. The molecule has 124 valence electrons.